The second kappa shape index (κ2) is 5.79. The van der Waals surface area contributed by atoms with Crippen LogP contribution in [0.5, 0.6) is 0 Å². The monoisotopic (exact) mass is 220 g/mol. The topological polar surface area (TPSA) is 35.8 Å². The van der Waals surface area contributed by atoms with Crippen molar-refractivity contribution >= 4 is 11.8 Å². The summed E-state index contributed by atoms with van der Waals surface area (Å²) in [5.41, 5.74) is 2.56. The number of hydrogen-bond donors (Lipinski definition) is 1. The molecule has 1 unspecified atom stereocenters. The van der Waals surface area contributed by atoms with Crippen molar-refractivity contribution in [1.82, 2.24) is 5.32 Å². The Morgan fingerprint density at radius 2 is 2.20 bits per heavy atom. The zero-order valence-electron chi connectivity index (χ0n) is 9.37. The largest absolute Gasteiger partial charge is 0.304 e. The number of hydrogen-bond acceptors (Lipinski definition) is 3. The van der Waals surface area contributed by atoms with Gasteiger partial charge in [-0.15, -0.1) is 11.8 Å². The average molecular weight is 220 g/mol. The van der Waals surface area contributed by atoms with E-state index < -0.39 is 0 Å². The first kappa shape index (κ1) is 12.1. The van der Waals surface area contributed by atoms with Crippen LogP contribution in [0.2, 0.25) is 0 Å². The summed E-state index contributed by atoms with van der Waals surface area (Å²) in [5.74, 6) is 0.789. The first-order valence-electron chi connectivity index (χ1n) is 4.94. The molecule has 0 amide bonds. The maximum Gasteiger partial charge on any atom is 0.104 e. The Hall–Kier alpha value is -0.980. The Kier molecular flexibility index (Phi) is 4.67. The highest BCUT2D eigenvalue weighted by Gasteiger charge is 2.06. The van der Waals surface area contributed by atoms with Crippen LogP contribution < -0.4 is 5.32 Å². The van der Waals surface area contributed by atoms with E-state index in [9.17, 15) is 0 Å². The van der Waals surface area contributed by atoms with Crippen molar-refractivity contribution in [3.05, 3.63) is 29.3 Å². The minimum absolute atomic E-state index is 0.0734. The third-order valence-corrected chi connectivity index (χ3v) is 3.51. The first-order chi connectivity index (χ1) is 7.17. The van der Waals surface area contributed by atoms with Gasteiger partial charge in [0.2, 0.25) is 0 Å². The zero-order chi connectivity index (χ0) is 11.3. The third kappa shape index (κ3) is 3.58. The molecule has 0 aliphatic rings. The molecule has 0 radical (unpaired) electrons. The van der Waals surface area contributed by atoms with E-state index in [1.54, 1.807) is 11.8 Å². The number of nitrogens with one attached hydrogen (secondary N) is 1. The summed E-state index contributed by atoms with van der Waals surface area (Å²) in [6.45, 7) is 4.20. The van der Waals surface area contributed by atoms with Gasteiger partial charge in [0.15, 0.2) is 0 Å². The lowest BCUT2D eigenvalue weighted by Crippen LogP contribution is -2.25. The molecular weight excluding hydrogens is 204 g/mol. The fourth-order valence-corrected chi connectivity index (χ4v) is 2.36. The van der Waals surface area contributed by atoms with Gasteiger partial charge in [-0.25, -0.2) is 0 Å². The molecule has 0 spiro atoms. The zero-order valence-corrected chi connectivity index (χ0v) is 10.2. The SMILES string of the molecule is CNC(C#N)CSc1ccc(C)cc1C. The van der Waals surface area contributed by atoms with E-state index in [2.05, 4.69) is 43.4 Å². The molecule has 1 rings (SSSR count). The predicted molar refractivity (Wildman–Crippen MR) is 65.1 cm³/mol. The van der Waals surface area contributed by atoms with Gasteiger partial charge in [-0.1, -0.05) is 17.7 Å². The highest BCUT2D eigenvalue weighted by molar-refractivity contribution is 7.99. The summed E-state index contributed by atoms with van der Waals surface area (Å²) in [4.78, 5) is 1.26. The quantitative estimate of drug-likeness (QED) is 0.792. The summed E-state index contributed by atoms with van der Waals surface area (Å²) in [5, 5.41) is 11.8. The van der Waals surface area contributed by atoms with E-state index in [0.717, 1.165) is 5.75 Å². The molecule has 80 valence electrons. The lowest BCUT2D eigenvalue weighted by atomic mass is 10.2. The molecular formula is C12H16N2S. The number of thioether (sulfide) groups is 1. The molecule has 0 aliphatic carbocycles. The van der Waals surface area contributed by atoms with Crippen LogP contribution in [-0.4, -0.2) is 18.8 Å². The van der Waals surface area contributed by atoms with E-state index in [0.29, 0.717) is 0 Å². The molecule has 0 heterocycles. The van der Waals surface area contributed by atoms with E-state index in [1.165, 1.54) is 16.0 Å². The molecule has 0 fully saturated rings. The Bertz CT molecular complexity index is 368. The normalized spacial score (nSPS) is 12.1. The Morgan fingerprint density at radius 1 is 1.47 bits per heavy atom. The second-order valence-electron chi connectivity index (χ2n) is 3.55. The molecule has 1 atom stereocenters. The van der Waals surface area contributed by atoms with Gasteiger partial charge < -0.3 is 5.32 Å². The summed E-state index contributed by atoms with van der Waals surface area (Å²) in [6.07, 6.45) is 0. The number of rotatable bonds is 4. The van der Waals surface area contributed by atoms with Gasteiger partial charge in [0.25, 0.3) is 0 Å². The van der Waals surface area contributed by atoms with Gasteiger partial charge in [0, 0.05) is 10.6 Å². The number of nitrogens with zero attached hydrogens (tertiary/aromatic N) is 1. The van der Waals surface area contributed by atoms with E-state index in [-0.39, 0.29) is 6.04 Å². The van der Waals surface area contributed by atoms with Crippen LogP contribution >= 0.6 is 11.8 Å². The van der Waals surface area contributed by atoms with Crippen LogP contribution in [-0.2, 0) is 0 Å². The molecule has 0 aliphatic heterocycles. The lowest BCUT2D eigenvalue weighted by molar-refractivity contribution is 0.750. The van der Waals surface area contributed by atoms with Crippen LogP contribution in [0.4, 0.5) is 0 Å². The summed E-state index contributed by atoms with van der Waals surface area (Å²) >= 11 is 1.73. The smallest absolute Gasteiger partial charge is 0.104 e. The minimum Gasteiger partial charge on any atom is -0.304 e. The van der Waals surface area contributed by atoms with Crippen LogP contribution in [0.1, 0.15) is 11.1 Å². The highest BCUT2D eigenvalue weighted by Crippen LogP contribution is 2.23. The van der Waals surface area contributed by atoms with Crippen molar-refractivity contribution in [1.29, 1.82) is 5.26 Å². The van der Waals surface area contributed by atoms with Crippen molar-refractivity contribution < 1.29 is 0 Å². The summed E-state index contributed by atoms with van der Waals surface area (Å²) in [6, 6.07) is 8.55. The van der Waals surface area contributed by atoms with Gasteiger partial charge in [0.1, 0.15) is 6.04 Å². The standard InChI is InChI=1S/C12H16N2S/c1-9-4-5-12(10(2)6-9)15-8-11(7-13)14-3/h4-6,11,14H,8H2,1-3H3. The fourth-order valence-electron chi connectivity index (χ4n) is 1.32. The van der Waals surface area contributed by atoms with Gasteiger partial charge in [0.05, 0.1) is 6.07 Å². The predicted octanol–water partition coefficient (Wildman–Crippen LogP) is 2.51. The fraction of sp³-hybridized carbons (Fsp3) is 0.417. The maximum atomic E-state index is 8.79. The van der Waals surface area contributed by atoms with Gasteiger partial charge in [-0.3, -0.25) is 0 Å². The van der Waals surface area contributed by atoms with E-state index in [4.69, 9.17) is 5.26 Å². The maximum absolute atomic E-state index is 8.79. The van der Waals surface area contributed by atoms with Crippen LogP contribution in [0, 0.1) is 25.2 Å². The van der Waals surface area contributed by atoms with E-state index in [1.807, 2.05) is 7.05 Å². The molecule has 3 heteroatoms. The number of aryl methyl sites for hydroxylation is 2. The van der Waals surface area contributed by atoms with Crippen molar-refractivity contribution in [2.45, 2.75) is 24.8 Å². The molecule has 1 aromatic rings. The molecule has 0 saturated carbocycles. The first-order valence-corrected chi connectivity index (χ1v) is 5.93. The minimum atomic E-state index is -0.0734. The van der Waals surface area contributed by atoms with Crippen LogP contribution in [0.15, 0.2) is 23.1 Å². The molecule has 2 nitrogen and oxygen atoms in total. The van der Waals surface area contributed by atoms with Crippen molar-refractivity contribution in [2.24, 2.45) is 0 Å². The summed E-state index contributed by atoms with van der Waals surface area (Å²) < 4.78 is 0. The lowest BCUT2D eigenvalue weighted by Gasteiger charge is -2.09. The second-order valence-corrected chi connectivity index (χ2v) is 4.61. The van der Waals surface area contributed by atoms with Crippen molar-refractivity contribution in [3.8, 4) is 6.07 Å². The van der Waals surface area contributed by atoms with Crippen LogP contribution in [0.25, 0.3) is 0 Å². The molecule has 1 aromatic carbocycles. The molecule has 0 aromatic heterocycles. The average Bonchev–Trinajstić information content (AvgIpc) is 2.22. The van der Waals surface area contributed by atoms with Crippen molar-refractivity contribution in [2.75, 3.05) is 12.8 Å². The highest BCUT2D eigenvalue weighted by atomic mass is 32.2. The van der Waals surface area contributed by atoms with Gasteiger partial charge in [-0.2, -0.15) is 5.26 Å². The molecule has 1 N–H and O–H groups in total. The Balaban J connectivity index is 2.62. The van der Waals surface area contributed by atoms with Gasteiger partial charge in [-0.05, 0) is 32.5 Å². The van der Waals surface area contributed by atoms with Crippen molar-refractivity contribution in [3.63, 3.8) is 0 Å². The molecule has 0 saturated heterocycles. The summed E-state index contributed by atoms with van der Waals surface area (Å²) in [7, 11) is 1.82. The Morgan fingerprint density at radius 3 is 2.73 bits per heavy atom. The van der Waals surface area contributed by atoms with Crippen LogP contribution in [0.3, 0.4) is 0 Å². The van der Waals surface area contributed by atoms with E-state index >= 15 is 0 Å². The number of nitriles is 1. The Labute approximate surface area is 95.7 Å². The number of benzene rings is 1. The molecule has 15 heavy (non-hydrogen) atoms. The molecule has 0 bridgehead atoms. The van der Waals surface area contributed by atoms with Gasteiger partial charge >= 0.3 is 0 Å². The third-order valence-electron chi connectivity index (χ3n) is 2.24.